The first-order chi connectivity index (χ1) is 68.2. The van der Waals surface area contributed by atoms with Gasteiger partial charge in [-0.1, -0.05) is 74.1 Å². The summed E-state index contributed by atoms with van der Waals surface area (Å²) >= 11 is 0. The lowest BCUT2D eigenvalue weighted by molar-refractivity contribution is -0.226. The van der Waals surface area contributed by atoms with Crippen molar-refractivity contribution in [1.29, 1.82) is 0 Å². The third kappa shape index (κ3) is 37.6. The second kappa shape index (κ2) is 53.9. The van der Waals surface area contributed by atoms with Gasteiger partial charge in [-0.05, 0) is 369 Å². The van der Waals surface area contributed by atoms with E-state index in [1.807, 2.05) is 145 Å². The van der Waals surface area contributed by atoms with Crippen molar-refractivity contribution in [3.63, 3.8) is 0 Å². The number of hydrogen-bond acceptors (Lipinski definition) is 28. The van der Waals surface area contributed by atoms with Gasteiger partial charge in [0.2, 0.25) is 0 Å². The van der Waals surface area contributed by atoms with E-state index in [4.69, 9.17) is 68.3 Å². The van der Waals surface area contributed by atoms with E-state index in [1.54, 1.807) is 74.4 Å². The van der Waals surface area contributed by atoms with Crippen LogP contribution in [-0.2, 0) is 99.9 Å². The van der Waals surface area contributed by atoms with Crippen LogP contribution in [0.4, 0.5) is 33.6 Å². The summed E-state index contributed by atoms with van der Waals surface area (Å²) in [6.07, 6.45) is 34.5. The number of amides is 7. The highest BCUT2D eigenvalue weighted by molar-refractivity contribution is 5.80. The van der Waals surface area contributed by atoms with Crippen LogP contribution in [0.1, 0.15) is 415 Å². The molecule has 17 fully saturated rings. The van der Waals surface area contributed by atoms with E-state index in [2.05, 4.69) is 25.8 Å². The van der Waals surface area contributed by atoms with Crippen LogP contribution >= 0.6 is 0 Å². The van der Waals surface area contributed by atoms with Crippen molar-refractivity contribution in [2.24, 2.45) is 102 Å². The highest BCUT2D eigenvalue weighted by Gasteiger charge is 2.66. The smallest absolute Gasteiger partial charge is 0.409 e. The first kappa shape index (κ1) is 127. The van der Waals surface area contributed by atoms with Gasteiger partial charge in [0.25, 0.3) is 0 Å². The van der Waals surface area contributed by atoms with Crippen molar-refractivity contribution in [2.75, 3.05) is 56.5 Å². The second-order valence-corrected chi connectivity index (χ2v) is 50.1. The van der Waals surface area contributed by atoms with E-state index in [1.165, 1.54) is 48.7 Å². The van der Waals surface area contributed by atoms with E-state index >= 15 is 0 Å². The molecule has 17 aliphatic carbocycles. The Balaban J connectivity index is 0.000000259. The summed E-state index contributed by atoms with van der Waals surface area (Å²) in [6, 6.07) is 0. The lowest BCUT2D eigenvalue weighted by Gasteiger charge is -2.60. The molecule has 147 heavy (non-hydrogen) atoms. The molecule has 0 aromatic heterocycles. The second-order valence-electron chi connectivity index (χ2n) is 50.1. The standard InChI is InChI=1S/C19H31NO4.C18H29NO4.C17H27NO4.C15H27NO4.C14H25NO4.C13H23NO4.C7H14O2.C7H12.C2H5NO2/c1-6-17(2,3)15(21)23-18-8-13-7-14(9-18)11-19(10-13,12-18)24-16(22)20(4)5;1-5-16(2,3)14(20)22-17-7-12-6-13(8-17)10-18(9-12,11-17)23-15(21)19-4;1-4-15(2,3)13(19)21-16-6-11-5-12(7-16)9-17(8-11,10-16)22-14(18)20;1-6-15(2,3)13(17)19-11-7-9-12(10-8-11)20-14(18)16(4)5;1-5-14(2,3)12(16)18-10-6-8-11(9-7-10)19-13(17)15-4;1-4-13(2,3)11(15)17-9-5-7-10(8-6-9)18-12(14)16;1-5-7(2,3)6(8)9-4;1-2-7-4-3-6(1)5-7;1-5-2(3)4/h13-14H,6-12H2,1-5H3;12-13H,5-11H2,1-4H3,(H,19,21);11-12H,4-10H2,1-3H3,(H2,18,20);11-12H,6-10H2,1-5H3;10-11H,5-9H2,1-4H3,(H,15,17);9-10H,4-8H2,1-3H3,(H2,14,16);5H2,1-4H3;6-7H,1-5H2;1H3,(H2,3,4). The predicted molar refractivity (Wildman–Crippen MR) is 555 cm³/mol. The Morgan fingerprint density at radius 1 is 0.252 bits per heavy atom. The molecule has 844 valence electrons. The average molecular weight is 2090 g/mol. The van der Waals surface area contributed by atoms with Gasteiger partial charge >= 0.3 is 84.4 Å². The maximum atomic E-state index is 12.7. The van der Waals surface area contributed by atoms with Crippen molar-refractivity contribution in [1.82, 2.24) is 20.4 Å². The van der Waals surface area contributed by atoms with Crippen molar-refractivity contribution in [3.05, 3.63) is 0 Å². The normalized spacial score (nSPS) is 30.3. The fourth-order valence-electron chi connectivity index (χ4n) is 23.6. The fraction of sp³-hybridized carbons (Fsp3) is 0.875. The number of rotatable bonds is 26. The lowest BCUT2D eigenvalue weighted by Crippen LogP contribution is -2.62. The zero-order valence-electron chi connectivity index (χ0n) is 95.3. The van der Waals surface area contributed by atoms with Crippen LogP contribution in [0.25, 0.3) is 0 Å². The van der Waals surface area contributed by atoms with Crippen LogP contribution in [0.15, 0.2) is 0 Å². The average Bonchev–Trinajstić information content (AvgIpc) is 1.57. The molecule has 6 atom stereocenters. The molecule has 0 aliphatic heterocycles. The number of nitrogens with one attached hydrogen (secondary N) is 2. The molecule has 6 unspecified atom stereocenters. The zero-order chi connectivity index (χ0) is 111. The molecule has 17 saturated carbocycles. The third-order valence-electron chi connectivity index (χ3n) is 34.4. The minimum absolute atomic E-state index is 0.0390. The quantitative estimate of drug-likeness (QED) is 0.0396. The molecule has 17 rings (SSSR count). The molecule has 35 nitrogen and oxygen atoms in total. The van der Waals surface area contributed by atoms with Gasteiger partial charge in [-0.25, -0.2) is 33.6 Å². The van der Waals surface area contributed by atoms with Crippen LogP contribution in [0.5, 0.6) is 0 Å². The SMILES string of the molecule is C1CC2CCC1C2.CCC(C)(C)C(=O)OC.CCC(C)(C)C(=O)OC12CC3CC(CC(OC(=O)N(C)C)(C3)C1)C2.CCC(C)(C)C(=O)OC12CC3CC(CC(OC(=O)NC)(C3)C1)C2.CCC(C)(C)C(=O)OC12CC3CC(CC(OC(N)=O)(C3)C1)C2.CCC(C)(C)C(=O)OC1CCC(OC(=O)N(C)C)CC1.CCC(C)(C)C(=O)OC1CCC(OC(=O)NC)CC1.CCC(C)(C)C(=O)OC1CCC(OC(N)=O)CC1.COC(N)=O. The maximum Gasteiger partial charge on any atom is 0.409 e. The summed E-state index contributed by atoms with van der Waals surface area (Å²) < 4.78 is 76.0. The maximum absolute atomic E-state index is 12.7. The van der Waals surface area contributed by atoms with Gasteiger partial charge in [0.05, 0.1) is 52.1 Å². The number of carbonyl (C=O) groups is 14. The molecule has 0 heterocycles. The number of methoxy groups -OCH3 is 2. The number of primary amides is 3. The van der Waals surface area contributed by atoms with Crippen LogP contribution in [-0.4, -0.2) is 221 Å². The molecule has 0 aromatic carbocycles. The van der Waals surface area contributed by atoms with Crippen LogP contribution in [0.3, 0.4) is 0 Å². The van der Waals surface area contributed by atoms with Crippen molar-refractivity contribution < 1.29 is 133 Å². The number of esters is 7. The van der Waals surface area contributed by atoms with Crippen molar-refractivity contribution >= 4 is 84.4 Å². The fourth-order valence-corrected chi connectivity index (χ4v) is 23.6. The molecular weight excluding hydrogens is 1890 g/mol. The summed E-state index contributed by atoms with van der Waals surface area (Å²) in [5.74, 6) is 4.37. The third-order valence-corrected chi connectivity index (χ3v) is 34.4. The molecule has 7 amide bonds. The van der Waals surface area contributed by atoms with E-state index in [9.17, 15) is 67.1 Å². The number of nitrogens with two attached hydrogens (primary N) is 3. The van der Waals surface area contributed by atoms with Crippen LogP contribution in [0.2, 0.25) is 0 Å². The number of nitrogens with zero attached hydrogens (tertiary/aromatic N) is 2. The highest BCUT2D eigenvalue weighted by Crippen LogP contribution is 2.64. The number of fused-ring (bicyclic) bond motifs is 2. The van der Waals surface area contributed by atoms with Crippen molar-refractivity contribution in [2.45, 2.75) is 485 Å². The Morgan fingerprint density at radius 3 is 0.680 bits per heavy atom. The Hall–Kier alpha value is -8.82. The minimum Gasteiger partial charge on any atom is -0.469 e. The van der Waals surface area contributed by atoms with Gasteiger partial charge in [0.15, 0.2) is 0 Å². The molecule has 0 saturated heterocycles. The predicted octanol–water partition coefficient (Wildman–Crippen LogP) is 21.8. The summed E-state index contributed by atoms with van der Waals surface area (Å²) in [7, 11) is 12.5. The van der Waals surface area contributed by atoms with E-state index in [0.717, 1.165) is 193 Å². The number of ether oxygens (including phenoxy) is 14. The number of hydrogen-bond donors (Lipinski definition) is 5. The largest absolute Gasteiger partial charge is 0.469 e. The number of alkyl carbamates (subject to hydrolysis) is 2. The molecule has 14 bridgehead atoms. The van der Waals surface area contributed by atoms with E-state index < -0.39 is 90.5 Å². The van der Waals surface area contributed by atoms with E-state index in [-0.39, 0.29) is 102 Å². The van der Waals surface area contributed by atoms with Crippen LogP contribution < -0.4 is 27.8 Å². The molecule has 0 aromatic rings. The molecule has 0 spiro atoms. The Labute approximate surface area is 878 Å². The monoisotopic (exact) mass is 2080 g/mol. The molecule has 0 radical (unpaired) electrons. The van der Waals surface area contributed by atoms with Gasteiger partial charge in [0.1, 0.15) is 70.2 Å². The molecule has 17 aliphatic rings. The first-order valence-electron chi connectivity index (χ1n) is 55.0. The van der Waals surface area contributed by atoms with Gasteiger partial charge in [-0.15, -0.1) is 0 Å². The molecular formula is C112H193N7O28. The number of carbonyl (C=O) groups excluding carboxylic acids is 14. The van der Waals surface area contributed by atoms with E-state index in [0.29, 0.717) is 67.6 Å². The molecule has 8 N–H and O–H groups in total. The first-order valence-corrected chi connectivity index (χ1v) is 55.0. The summed E-state index contributed by atoms with van der Waals surface area (Å²) in [5, 5.41) is 4.99. The molecule has 35 heteroatoms. The Kier molecular flexibility index (Phi) is 46.5. The van der Waals surface area contributed by atoms with Gasteiger partial charge < -0.3 is 104 Å². The highest BCUT2D eigenvalue weighted by atomic mass is 16.6. The zero-order valence-corrected chi connectivity index (χ0v) is 95.3. The lowest BCUT2D eigenvalue weighted by atomic mass is 9.52. The topological polar surface area (TPSA) is 477 Å². The summed E-state index contributed by atoms with van der Waals surface area (Å²) in [6.45, 7) is 40.7. The van der Waals surface area contributed by atoms with Gasteiger partial charge in [-0.3, -0.25) is 33.6 Å². The summed E-state index contributed by atoms with van der Waals surface area (Å²) in [4.78, 5) is 165. The van der Waals surface area contributed by atoms with Gasteiger partial charge in [-0.2, -0.15) is 0 Å². The van der Waals surface area contributed by atoms with Crippen molar-refractivity contribution in [3.8, 4) is 0 Å². The minimum atomic E-state index is -0.745. The summed E-state index contributed by atoms with van der Waals surface area (Å²) in [5.41, 5.74) is 8.99. The Morgan fingerprint density at radius 2 is 0.469 bits per heavy atom. The van der Waals surface area contributed by atoms with Crippen LogP contribution in [0, 0.1) is 85.2 Å². The van der Waals surface area contributed by atoms with Gasteiger partial charge in [0, 0.05) is 61.5 Å². The Bertz CT molecular complexity index is 4280.